The molecule has 0 aliphatic rings. The molecule has 0 atom stereocenters. The Labute approximate surface area is 185 Å². The van der Waals surface area contributed by atoms with Crippen molar-refractivity contribution in [2.75, 3.05) is 6.61 Å². The zero-order valence-electron chi connectivity index (χ0n) is 18.8. The number of halogens is 3. The van der Waals surface area contributed by atoms with Crippen LogP contribution in [0.2, 0.25) is 6.82 Å². The largest absolute Gasteiger partial charge is 0.457 e. The first kappa shape index (κ1) is 23.8. The van der Waals surface area contributed by atoms with E-state index >= 15 is 0 Å². The van der Waals surface area contributed by atoms with Crippen molar-refractivity contribution in [2.24, 2.45) is 12.5 Å². The first-order valence-corrected chi connectivity index (χ1v) is 10.4. The van der Waals surface area contributed by atoms with E-state index in [9.17, 15) is 18.0 Å². The first-order valence-electron chi connectivity index (χ1n) is 10.4. The minimum absolute atomic E-state index is 0.000253. The molecule has 0 saturated heterocycles. The van der Waals surface area contributed by atoms with Crippen LogP contribution in [-0.4, -0.2) is 23.1 Å². The van der Waals surface area contributed by atoms with E-state index in [-0.39, 0.29) is 27.8 Å². The second kappa shape index (κ2) is 8.98. The zero-order chi connectivity index (χ0) is 23.7. The van der Waals surface area contributed by atoms with Gasteiger partial charge in [-0.1, -0.05) is 39.7 Å². The van der Waals surface area contributed by atoms with Crippen molar-refractivity contribution in [1.29, 1.82) is 0 Å². The molecule has 9 heteroatoms. The second-order valence-electron chi connectivity index (χ2n) is 8.63. The summed E-state index contributed by atoms with van der Waals surface area (Å²) < 4.78 is 55.4. The molecule has 0 N–H and O–H groups in total. The Kier molecular flexibility index (Phi) is 6.69. The molecular formula is C23H26BF3N2O3. The quantitative estimate of drug-likeness (QED) is 0.478. The molecular weight excluding hydrogens is 420 g/mol. The maximum atomic E-state index is 14.1. The number of aromatic nitrogens is 2. The molecule has 32 heavy (non-hydrogen) atoms. The van der Waals surface area contributed by atoms with Gasteiger partial charge in [0, 0.05) is 13.7 Å². The number of ether oxygens (including phenoxy) is 1. The molecule has 0 unspecified atom stereocenters. The second-order valence-corrected chi connectivity index (χ2v) is 8.63. The van der Waals surface area contributed by atoms with Gasteiger partial charge in [-0.15, -0.1) is 0 Å². The van der Waals surface area contributed by atoms with E-state index in [4.69, 9.17) is 9.39 Å². The minimum atomic E-state index is -4.65. The normalized spacial score (nSPS) is 12.2. The lowest BCUT2D eigenvalue weighted by Gasteiger charge is -2.26. The fraction of sp³-hybridized carbons (Fsp3) is 0.391. The summed E-state index contributed by atoms with van der Waals surface area (Å²) >= 11 is 0. The first-order chi connectivity index (χ1) is 14.9. The van der Waals surface area contributed by atoms with Crippen molar-refractivity contribution in [3.63, 3.8) is 0 Å². The van der Waals surface area contributed by atoms with Gasteiger partial charge in [0.1, 0.15) is 11.5 Å². The van der Waals surface area contributed by atoms with Gasteiger partial charge in [0.05, 0.1) is 22.8 Å². The molecule has 0 saturated carbocycles. The molecule has 0 aliphatic heterocycles. The van der Waals surface area contributed by atoms with E-state index in [1.54, 1.807) is 24.5 Å². The number of benzene rings is 2. The minimum Gasteiger partial charge on any atom is -0.457 e. The van der Waals surface area contributed by atoms with Gasteiger partial charge in [-0.2, -0.15) is 18.2 Å². The smallest absolute Gasteiger partial charge is 0.419 e. The molecule has 5 nitrogen and oxygen atoms in total. The SMILES string of the molecule is CCC(C)(C)COB(C)c1cccc(Oc2ccc3c(c2)c(=O)ncn3C)c1C(F)(F)F. The predicted octanol–water partition coefficient (Wildman–Crippen LogP) is 5.03. The van der Waals surface area contributed by atoms with Gasteiger partial charge in [-0.25, -0.2) is 0 Å². The standard InChI is InChI=1S/C23H26BF3N2O3/c1-6-22(2,3)13-31-24(4)17-8-7-9-19(20(17)23(25,26)27)32-15-10-11-18-16(12-15)21(30)28-14-29(18)5/h7-12,14H,6,13H2,1-5H3. The Morgan fingerprint density at radius 1 is 1.16 bits per heavy atom. The van der Waals surface area contributed by atoms with Gasteiger partial charge in [0.2, 0.25) is 0 Å². The third-order valence-electron chi connectivity index (χ3n) is 5.62. The van der Waals surface area contributed by atoms with Crippen LogP contribution >= 0.6 is 0 Å². The number of alkyl halides is 3. The Balaban J connectivity index is 2.00. The molecule has 3 rings (SSSR count). The van der Waals surface area contributed by atoms with Crippen LogP contribution in [0, 0.1) is 5.41 Å². The van der Waals surface area contributed by atoms with Crippen molar-refractivity contribution in [3.8, 4) is 11.5 Å². The number of aryl methyl sites for hydroxylation is 1. The number of hydrogen-bond donors (Lipinski definition) is 0. The highest BCUT2D eigenvalue weighted by Crippen LogP contribution is 2.37. The van der Waals surface area contributed by atoms with Crippen LogP contribution in [0.15, 0.2) is 47.5 Å². The third kappa shape index (κ3) is 5.15. The van der Waals surface area contributed by atoms with Crippen molar-refractivity contribution in [1.82, 2.24) is 9.55 Å². The van der Waals surface area contributed by atoms with E-state index in [2.05, 4.69) is 4.98 Å². The van der Waals surface area contributed by atoms with Crippen LogP contribution in [0.5, 0.6) is 11.5 Å². The van der Waals surface area contributed by atoms with Crippen LogP contribution in [0.1, 0.15) is 32.8 Å². The molecule has 170 valence electrons. The molecule has 1 heterocycles. The lowest BCUT2D eigenvalue weighted by molar-refractivity contribution is -0.137. The monoisotopic (exact) mass is 446 g/mol. The van der Waals surface area contributed by atoms with Crippen LogP contribution in [-0.2, 0) is 17.9 Å². The summed E-state index contributed by atoms with van der Waals surface area (Å²) in [6, 6.07) is 8.72. The van der Waals surface area contributed by atoms with Gasteiger partial charge in [0.25, 0.3) is 5.56 Å². The molecule has 2 aromatic carbocycles. The number of hydrogen-bond acceptors (Lipinski definition) is 4. The lowest BCUT2D eigenvalue weighted by atomic mass is 9.61. The summed E-state index contributed by atoms with van der Waals surface area (Å²) in [4.78, 5) is 15.9. The molecule has 1 aromatic heterocycles. The average Bonchev–Trinajstić information content (AvgIpc) is 2.74. The van der Waals surface area contributed by atoms with E-state index in [1.807, 2.05) is 20.8 Å². The van der Waals surface area contributed by atoms with Crippen LogP contribution < -0.4 is 15.8 Å². The lowest BCUT2D eigenvalue weighted by Crippen LogP contribution is -2.38. The maximum Gasteiger partial charge on any atom is 0.419 e. The van der Waals surface area contributed by atoms with E-state index in [0.29, 0.717) is 12.1 Å². The fourth-order valence-corrected chi connectivity index (χ4v) is 3.27. The molecule has 0 spiro atoms. The van der Waals surface area contributed by atoms with Crippen molar-refractivity contribution < 1.29 is 22.6 Å². The summed E-state index contributed by atoms with van der Waals surface area (Å²) in [6.45, 7) is 7.16. The van der Waals surface area contributed by atoms with Gasteiger partial charge in [-0.3, -0.25) is 4.79 Å². The van der Waals surface area contributed by atoms with Crippen LogP contribution in [0.3, 0.4) is 0 Å². The maximum absolute atomic E-state index is 14.1. The molecule has 0 radical (unpaired) electrons. The topological polar surface area (TPSA) is 53.4 Å². The van der Waals surface area contributed by atoms with Crippen molar-refractivity contribution in [3.05, 3.63) is 58.6 Å². The summed E-state index contributed by atoms with van der Waals surface area (Å²) in [5, 5.41) is 0.260. The van der Waals surface area contributed by atoms with Gasteiger partial charge in [-0.05, 0) is 41.6 Å². The van der Waals surface area contributed by atoms with Gasteiger partial charge < -0.3 is 14.0 Å². The van der Waals surface area contributed by atoms with Crippen LogP contribution in [0.4, 0.5) is 13.2 Å². The fourth-order valence-electron chi connectivity index (χ4n) is 3.27. The summed E-state index contributed by atoms with van der Waals surface area (Å²) in [6.07, 6.45) is -2.43. The Bertz CT molecular complexity index is 1180. The molecule has 0 fully saturated rings. The predicted molar refractivity (Wildman–Crippen MR) is 120 cm³/mol. The summed E-state index contributed by atoms with van der Waals surface area (Å²) in [5.74, 6) is -0.230. The molecule has 0 bridgehead atoms. The number of rotatable bonds is 7. The van der Waals surface area contributed by atoms with E-state index < -0.39 is 24.2 Å². The highest BCUT2D eigenvalue weighted by molar-refractivity contribution is 6.66. The Hall–Kier alpha value is -2.81. The molecule has 0 amide bonds. The van der Waals surface area contributed by atoms with Crippen molar-refractivity contribution in [2.45, 2.75) is 40.2 Å². The molecule has 3 aromatic rings. The highest BCUT2D eigenvalue weighted by Gasteiger charge is 2.39. The van der Waals surface area contributed by atoms with Crippen LogP contribution in [0.25, 0.3) is 10.9 Å². The van der Waals surface area contributed by atoms with E-state index in [1.165, 1.54) is 36.7 Å². The molecule has 0 aliphatic carbocycles. The summed E-state index contributed by atoms with van der Waals surface area (Å²) in [7, 11) is 1.72. The number of nitrogens with zero attached hydrogens (tertiary/aromatic N) is 2. The Morgan fingerprint density at radius 2 is 1.88 bits per heavy atom. The number of fused-ring (bicyclic) bond motifs is 1. The van der Waals surface area contributed by atoms with Crippen molar-refractivity contribution >= 4 is 23.3 Å². The summed E-state index contributed by atoms with van der Waals surface area (Å²) in [5.41, 5.74) is -0.913. The average molecular weight is 446 g/mol. The highest BCUT2D eigenvalue weighted by atomic mass is 19.4. The van der Waals surface area contributed by atoms with Gasteiger partial charge >= 0.3 is 13.1 Å². The zero-order valence-corrected chi connectivity index (χ0v) is 18.8. The van der Waals surface area contributed by atoms with Gasteiger partial charge in [0.15, 0.2) is 0 Å². The third-order valence-corrected chi connectivity index (χ3v) is 5.62. The Morgan fingerprint density at radius 3 is 2.53 bits per heavy atom. The van der Waals surface area contributed by atoms with E-state index in [0.717, 1.165) is 6.42 Å².